The summed E-state index contributed by atoms with van der Waals surface area (Å²) in [5.41, 5.74) is 0.436. The van der Waals surface area contributed by atoms with Crippen LogP contribution in [0.3, 0.4) is 0 Å². The maximum Gasteiger partial charge on any atom is 0.275 e. The van der Waals surface area contributed by atoms with Crippen molar-refractivity contribution in [1.29, 1.82) is 0 Å². The van der Waals surface area contributed by atoms with Crippen molar-refractivity contribution in [1.82, 2.24) is 19.8 Å². The van der Waals surface area contributed by atoms with Gasteiger partial charge in [0.1, 0.15) is 11.4 Å². The Labute approximate surface area is 233 Å². The van der Waals surface area contributed by atoms with Crippen LogP contribution in [0.4, 0.5) is 4.39 Å². The molecule has 5 rings (SSSR count). The number of nitrogens with zero attached hydrogens (tertiary/aromatic N) is 3. The smallest absolute Gasteiger partial charge is 0.275 e. The highest BCUT2D eigenvalue weighted by atomic mass is 32.2. The van der Waals surface area contributed by atoms with Crippen molar-refractivity contribution in [2.45, 2.75) is 48.3 Å². The SMILES string of the molecule is COC[C@]1(O)CCCC[C@H]1n1cnc(C(=O)N2CCNC[C@H]2CS(=O)(=O)c2cccc(F)c2)c1-c1ccccc1. The number of hydrogen-bond acceptors (Lipinski definition) is 7. The predicted molar refractivity (Wildman–Crippen MR) is 148 cm³/mol. The Hall–Kier alpha value is -3.12. The van der Waals surface area contributed by atoms with Gasteiger partial charge in [0.15, 0.2) is 15.5 Å². The molecule has 2 N–H and O–H groups in total. The molecule has 1 aliphatic heterocycles. The number of ether oxygens (including phenoxy) is 1. The lowest BCUT2D eigenvalue weighted by Gasteiger charge is -2.41. The fourth-order valence-corrected chi connectivity index (χ4v) is 7.55. The number of nitrogens with one attached hydrogen (secondary N) is 1. The number of methoxy groups -OCH3 is 1. The van der Waals surface area contributed by atoms with Crippen LogP contribution in [0.1, 0.15) is 42.2 Å². The van der Waals surface area contributed by atoms with Crippen LogP contribution in [-0.2, 0) is 14.6 Å². The minimum atomic E-state index is -3.87. The Morgan fingerprint density at radius 2 is 2.00 bits per heavy atom. The normalized spacial score (nSPS) is 23.7. The summed E-state index contributed by atoms with van der Waals surface area (Å²) in [6.07, 6.45) is 4.67. The minimum absolute atomic E-state index is 0.116. The zero-order valence-electron chi connectivity index (χ0n) is 22.5. The molecule has 11 heteroatoms. The van der Waals surface area contributed by atoms with Gasteiger partial charge in [-0.05, 0) is 31.0 Å². The third-order valence-electron chi connectivity index (χ3n) is 7.91. The minimum Gasteiger partial charge on any atom is -0.385 e. The molecule has 3 atom stereocenters. The molecular weight excluding hydrogens is 535 g/mol. The molecule has 1 aromatic heterocycles. The Kier molecular flexibility index (Phi) is 8.37. The van der Waals surface area contributed by atoms with Crippen LogP contribution in [0.2, 0.25) is 0 Å². The Bertz CT molecular complexity index is 1440. The summed E-state index contributed by atoms with van der Waals surface area (Å²) < 4.78 is 47.5. The van der Waals surface area contributed by atoms with E-state index in [1.165, 1.54) is 18.2 Å². The van der Waals surface area contributed by atoms with Crippen molar-refractivity contribution in [3.8, 4) is 11.3 Å². The van der Waals surface area contributed by atoms with Crippen molar-refractivity contribution in [2.24, 2.45) is 0 Å². The standard InChI is InChI=1S/C29H35FN4O5S/c1-39-19-29(36)13-6-5-12-25(29)34-20-32-26(27(34)21-8-3-2-4-9-21)28(35)33-15-14-31-17-23(33)18-40(37,38)24-11-7-10-22(30)16-24/h2-4,7-11,16,20,23,25,31,36H,5-6,12-15,17-19H2,1H3/t23-,25+,29+/m0/s1. The fourth-order valence-electron chi connectivity index (χ4n) is 5.98. The van der Waals surface area contributed by atoms with Gasteiger partial charge in [0.05, 0.1) is 41.4 Å². The predicted octanol–water partition coefficient (Wildman–Crippen LogP) is 3.07. The van der Waals surface area contributed by atoms with Crippen LogP contribution >= 0.6 is 0 Å². The molecule has 214 valence electrons. The van der Waals surface area contributed by atoms with Crippen LogP contribution in [0.25, 0.3) is 11.3 Å². The highest BCUT2D eigenvalue weighted by molar-refractivity contribution is 7.91. The highest BCUT2D eigenvalue weighted by Gasteiger charge is 2.42. The Morgan fingerprint density at radius 1 is 1.20 bits per heavy atom. The number of aliphatic hydroxyl groups is 1. The molecule has 2 heterocycles. The van der Waals surface area contributed by atoms with Gasteiger partial charge in [-0.1, -0.05) is 49.2 Å². The van der Waals surface area contributed by atoms with E-state index < -0.39 is 27.3 Å². The fraction of sp³-hybridized carbons (Fsp3) is 0.448. The van der Waals surface area contributed by atoms with Gasteiger partial charge in [0.2, 0.25) is 0 Å². The van der Waals surface area contributed by atoms with Gasteiger partial charge < -0.3 is 24.6 Å². The van der Waals surface area contributed by atoms with E-state index in [-0.39, 0.29) is 41.4 Å². The second-order valence-electron chi connectivity index (χ2n) is 10.6. The van der Waals surface area contributed by atoms with Gasteiger partial charge >= 0.3 is 0 Å². The molecule has 9 nitrogen and oxygen atoms in total. The average molecular weight is 571 g/mol. The van der Waals surface area contributed by atoms with Crippen molar-refractivity contribution in [3.63, 3.8) is 0 Å². The lowest BCUT2D eigenvalue weighted by Crippen LogP contribution is -2.56. The second kappa shape index (κ2) is 11.8. The van der Waals surface area contributed by atoms with Crippen LogP contribution in [-0.4, -0.2) is 84.6 Å². The topological polar surface area (TPSA) is 114 Å². The summed E-state index contributed by atoms with van der Waals surface area (Å²) in [7, 11) is -2.31. The quantitative estimate of drug-likeness (QED) is 0.428. The van der Waals surface area contributed by atoms with Gasteiger partial charge in [-0.25, -0.2) is 17.8 Å². The molecular formula is C29H35FN4O5S. The zero-order chi connectivity index (χ0) is 28.3. The molecule has 0 bridgehead atoms. The number of imidazole rings is 1. The Morgan fingerprint density at radius 3 is 2.75 bits per heavy atom. The third-order valence-corrected chi connectivity index (χ3v) is 9.70. The van der Waals surface area contributed by atoms with Gasteiger partial charge in [-0.15, -0.1) is 0 Å². The largest absolute Gasteiger partial charge is 0.385 e. The van der Waals surface area contributed by atoms with E-state index in [2.05, 4.69) is 10.3 Å². The van der Waals surface area contributed by atoms with E-state index in [0.717, 1.165) is 24.5 Å². The van der Waals surface area contributed by atoms with Crippen molar-refractivity contribution in [2.75, 3.05) is 39.1 Å². The van der Waals surface area contributed by atoms with Crippen LogP contribution < -0.4 is 5.32 Å². The molecule has 2 aromatic carbocycles. The first-order valence-corrected chi connectivity index (χ1v) is 15.2. The van der Waals surface area contributed by atoms with E-state index in [4.69, 9.17) is 4.74 Å². The van der Waals surface area contributed by atoms with Gasteiger partial charge in [0, 0.05) is 32.3 Å². The average Bonchev–Trinajstić information content (AvgIpc) is 3.38. The molecule has 2 aliphatic rings. The molecule has 3 aromatic rings. The van der Waals surface area contributed by atoms with E-state index in [1.54, 1.807) is 18.3 Å². The summed E-state index contributed by atoms with van der Waals surface area (Å²) in [5.74, 6) is -1.37. The summed E-state index contributed by atoms with van der Waals surface area (Å²) in [6.45, 7) is 1.23. The summed E-state index contributed by atoms with van der Waals surface area (Å²) in [6, 6.07) is 13.3. The number of sulfone groups is 1. The van der Waals surface area contributed by atoms with Crippen LogP contribution in [0.5, 0.6) is 0 Å². The first kappa shape index (κ1) is 28.4. The number of carbonyl (C=O) groups excluding carboxylic acids is 1. The monoisotopic (exact) mass is 570 g/mol. The molecule has 0 unspecified atom stereocenters. The number of halogens is 1. The molecule has 1 amide bonds. The maximum absolute atomic E-state index is 14.1. The van der Waals surface area contributed by atoms with Gasteiger partial charge in [-0.2, -0.15) is 0 Å². The molecule has 40 heavy (non-hydrogen) atoms. The number of piperazine rings is 1. The van der Waals surface area contributed by atoms with Gasteiger partial charge in [-0.3, -0.25) is 4.79 Å². The van der Waals surface area contributed by atoms with E-state index in [9.17, 15) is 22.7 Å². The lowest BCUT2D eigenvalue weighted by atomic mass is 9.80. The molecule has 1 aliphatic carbocycles. The number of aromatic nitrogens is 2. The van der Waals surface area contributed by atoms with E-state index in [0.29, 0.717) is 31.6 Å². The lowest BCUT2D eigenvalue weighted by molar-refractivity contribution is -0.0893. The summed E-state index contributed by atoms with van der Waals surface area (Å²) in [5, 5.41) is 14.8. The summed E-state index contributed by atoms with van der Waals surface area (Å²) >= 11 is 0. The molecule has 0 spiro atoms. The first-order chi connectivity index (χ1) is 19.2. The zero-order valence-corrected chi connectivity index (χ0v) is 23.3. The van der Waals surface area contributed by atoms with E-state index >= 15 is 0 Å². The second-order valence-corrected chi connectivity index (χ2v) is 12.6. The maximum atomic E-state index is 14.1. The van der Waals surface area contributed by atoms with E-state index in [1.807, 2.05) is 34.9 Å². The number of carbonyl (C=O) groups is 1. The van der Waals surface area contributed by atoms with Crippen molar-refractivity contribution < 1.29 is 27.4 Å². The molecule has 1 saturated heterocycles. The van der Waals surface area contributed by atoms with Crippen LogP contribution in [0.15, 0.2) is 65.8 Å². The number of amides is 1. The number of rotatable bonds is 8. The Balaban J connectivity index is 1.52. The molecule has 1 saturated carbocycles. The first-order valence-electron chi connectivity index (χ1n) is 13.6. The van der Waals surface area contributed by atoms with Crippen molar-refractivity contribution in [3.05, 3.63) is 72.4 Å². The van der Waals surface area contributed by atoms with Gasteiger partial charge in [0.25, 0.3) is 5.91 Å². The third kappa shape index (κ3) is 5.69. The van der Waals surface area contributed by atoms with Crippen molar-refractivity contribution >= 4 is 15.7 Å². The molecule has 2 fully saturated rings. The number of hydrogen-bond donors (Lipinski definition) is 2. The molecule has 0 radical (unpaired) electrons. The number of benzene rings is 2. The highest BCUT2D eigenvalue weighted by Crippen LogP contribution is 2.41. The summed E-state index contributed by atoms with van der Waals surface area (Å²) in [4.78, 5) is 20.1. The van der Waals surface area contributed by atoms with Crippen LogP contribution in [0, 0.1) is 5.82 Å².